The van der Waals surface area contributed by atoms with E-state index in [0.29, 0.717) is 6.04 Å². The van der Waals surface area contributed by atoms with Crippen molar-refractivity contribution in [1.29, 1.82) is 0 Å². The molecule has 0 rings (SSSR count). The topological polar surface area (TPSA) is 15.3 Å². The lowest BCUT2D eigenvalue weighted by molar-refractivity contribution is 0.176. The number of rotatable bonds is 8. The van der Waals surface area contributed by atoms with Crippen LogP contribution in [0.5, 0.6) is 0 Å². The van der Waals surface area contributed by atoms with Crippen LogP contribution in [-0.2, 0) is 0 Å². The highest BCUT2D eigenvalue weighted by molar-refractivity contribution is 4.70. The van der Waals surface area contributed by atoms with E-state index in [0.717, 1.165) is 12.6 Å². The number of hydrogen-bond donors (Lipinski definition) is 1. The van der Waals surface area contributed by atoms with E-state index in [1.54, 1.807) is 0 Å². The van der Waals surface area contributed by atoms with Crippen molar-refractivity contribution in [3.05, 3.63) is 0 Å². The Labute approximate surface area is 90.1 Å². The summed E-state index contributed by atoms with van der Waals surface area (Å²) in [5.41, 5.74) is 0. The molecule has 0 aliphatic carbocycles. The summed E-state index contributed by atoms with van der Waals surface area (Å²) >= 11 is 0. The molecule has 0 aromatic carbocycles. The van der Waals surface area contributed by atoms with Gasteiger partial charge in [-0.05, 0) is 53.8 Å². The number of nitrogens with zero attached hydrogens (tertiary/aromatic N) is 1. The lowest BCUT2D eigenvalue weighted by atomic mass is 10.1. The Morgan fingerprint density at radius 1 is 1.14 bits per heavy atom. The van der Waals surface area contributed by atoms with Gasteiger partial charge in [0.1, 0.15) is 0 Å². The van der Waals surface area contributed by atoms with Gasteiger partial charge in [0.05, 0.1) is 0 Å². The molecule has 0 fully saturated rings. The van der Waals surface area contributed by atoms with Crippen LogP contribution in [0, 0.1) is 0 Å². The van der Waals surface area contributed by atoms with Crippen LogP contribution in [-0.4, -0.2) is 37.6 Å². The van der Waals surface area contributed by atoms with Gasteiger partial charge in [0, 0.05) is 12.1 Å². The summed E-state index contributed by atoms with van der Waals surface area (Å²) < 4.78 is 0. The molecule has 0 aromatic heterocycles. The Morgan fingerprint density at radius 2 is 1.71 bits per heavy atom. The third-order valence-electron chi connectivity index (χ3n) is 3.15. The Morgan fingerprint density at radius 3 is 2.21 bits per heavy atom. The lowest BCUT2D eigenvalue weighted by Crippen LogP contribution is -2.37. The molecule has 0 saturated carbocycles. The van der Waals surface area contributed by atoms with Crippen LogP contribution in [0.25, 0.3) is 0 Å². The molecule has 0 bridgehead atoms. The largest absolute Gasteiger partial charge is 0.320 e. The van der Waals surface area contributed by atoms with Crippen LogP contribution in [0.3, 0.4) is 0 Å². The minimum atomic E-state index is 0.713. The summed E-state index contributed by atoms with van der Waals surface area (Å²) in [5.74, 6) is 0. The summed E-state index contributed by atoms with van der Waals surface area (Å²) in [6, 6.07) is 1.44. The normalized spacial score (nSPS) is 15.9. The van der Waals surface area contributed by atoms with Crippen LogP contribution in [0.2, 0.25) is 0 Å². The molecule has 0 heterocycles. The minimum Gasteiger partial charge on any atom is -0.320 e. The fraction of sp³-hybridized carbons (Fsp3) is 1.00. The first-order valence-electron chi connectivity index (χ1n) is 6.00. The molecule has 0 aromatic rings. The molecule has 86 valence electrons. The van der Waals surface area contributed by atoms with Crippen LogP contribution in [0.4, 0.5) is 0 Å². The highest BCUT2D eigenvalue weighted by Gasteiger charge is 2.14. The molecule has 0 aliphatic rings. The van der Waals surface area contributed by atoms with Gasteiger partial charge < -0.3 is 10.2 Å². The first kappa shape index (κ1) is 13.9. The molecule has 0 spiro atoms. The van der Waals surface area contributed by atoms with E-state index < -0.39 is 0 Å². The van der Waals surface area contributed by atoms with Crippen molar-refractivity contribution in [1.82, 2.24) is 10.2 Å². The standard InChI is InChI=1S/C12H28N2/c1-6-8-11(2)14(5)12(3)9-7-10-13-4/h11-13H,6-10H2,1-5H3. The monoisotopic (exact) mass is 200 g/mol. The zero-order valence-electron chi connectivity index (χ0n) is 10.6. The second-order valence-electron chi connectivity index (χ2n) is 4.40. The van der Waals surface area contributed by atoms with Crippen molar-refractivity contribution in [2.24, 2.45) is 0 Å². The molecular formula is C12H28N2. The second kappa shape index (κ2) is 8.25. The zero-order valence-corrected chi connectivity index (χ0v) is 10.6. The first-order chi connectivity index (χ1) is 6.63. The zero-order chi connectivity index (χ0) is 11.0. The van der Waals surface area contributed by atoms with E-state index in [2.05, 4.69) is 38.0 Å². The molecule has 14 heavy (non-hydrogen) atoms. The van der Waals surface area contributed by atoms with Crippen molar-refractivity contribution < 1.29 is 0 Å². The Bertz CT molecular complexity index is 125. The van der Waals surface area contributed by atoms with Gasteiger partial charge in [0.2, 0.25) is 0 Å². The molecular weight excluding hydrogens is 172 g/mol. The smallest absolute Gasteiger partial charge is 0.00671 e. The van der Waals surface area contributed by atoms with Crippen molar-refractivity contribution in [2.75, 3.05) is 20.6 Å². The molecule has 0 saturated heterocycles. The predicted molar refractivity (Wildman–Crippen MR) is 64.8 cm³/mol. The van der Waals surface area contributed by atoms with E-state index in [-0.39, 0.29) is 0 Å². The lowest BCUT2D eigenvalue weighted by Gasteiger charge is -2.30. The molecule has 0 amide bonds. The molecule has 2 unspecified atom stereocenters. The predicted octanol–water partition coefficient (Wildman–Crippen LogP) is 2.49. The molecule has 0 aliphatic heterocycles. The van der Waals surface area contributed by atoms with Crippen LogP contribution >= 0.6 is 0 Å². The van der Waals surface area contributed by atoms with Gasteiger partial charge in [-0.1, -0.05) is 13.3 Å². The number of hydrogen-bond acceptors (Lipinski definition) is 2. The first-order valence-corrected chi connectivity index (χ1v) is 6.00. The van der Waals surface area contributed by atoms with E-state index in [9.17, 15) is 0 Å². The molecule has 0 radical (unpaired) electrons. The Balaban J connectivity index is 3.68. The Kier molecular flexibility index (Phi) is 8.20. The van der Waals surface area contributed by atoms with Crippen LogP contribution in [0.1, 0.15) is 46.5 Å². The summed E-state index contributed by atoms with van der Waals surface area (Å²) in [5, 5.41) is 3.20. The molecule has 2 nitrogen and oxygen atoms in total. The maximum atomic E-state index is 3.20. The third kappa shape index (κ3) is 5.61. The minimum absolute atomic E-state index is 0.713. The number of nitrogens with one attached hydrogen (secondary N) is 1. The van der Waals surface area contributed by atoms with Crippen LogP contribution in [0.15, 0.2) is 0 Å². The highest BCUT2D eigenvalue weighted by Crippen LogP contribution is 2.11. The highest BCUT2D eigenvalue weighted by atomic mass is 15.1. The summed E-state index contributed by atoms with van der Waals surface area (Å²) in [4.78, 5) is 2.51. The molecule has 2 atom stereocenters. The van der Waals surface area contributed by atoms with E-state index >= 15 is 0 Å². The quantitative estimate of drug-likeness (QED) is 0.606. The summed E-state index contributed by atoms with van der Waals surface area (Å²) in [6.07, 6.45) is 5.17. The van der Waals surface area contributed by atoms with E-state index in [1.807, 2.05) is 7.05 Å². The molecule has 2 heteroatoms. The van der Waals surface area contributed by atoms with E-state index in [4.69, 9.17) is 0 Å². The molecule has 1 N–H and O–H groups in total. The van der Waals surface area contributed by atoms with Crippen molar-refractivity contribution in [3.8, 4) is 0 Å². The van der Waals surface area contributed by atoms with Crippen molar-refractivity contribution in [3.63, 3.8) is 0 Å². The van der Waals surface area contributed by atoms with E-state index in [1.165, 1.54) is 25.7 Å². The maximum absolute atomic E-state index is 3.20. The second-order valence-corrected chi connectivity index (χ2v) is 4.40. The van der Waals surface area contributed by atoms with Crippen molar-refractivity contribution >= 4 is 0 Å². The van der Waals surface area contributed by atoms with Gasteiger partial charge in [-0.25, -0.2) is 0 Å². The van der Waals surface area contributed by atoms with Gasteiger partial charge in [-0.15, -0.1) is 0 Å². The van der Waals surface area contributed by atoms with Crippen LogP contribution < -0.4 is 5.32 Å². The fourth-order valence-electron chi connectivity index (χ4n) is 1.83. The third-order valence-corrected chi connectivity index (χ3v) is 3.15. The maximum Gasteiger partial charge on any atom is 0.00671 e. The Hall–Kier alpha value is -0.0800. The van der Waals surface area contributed by atoms with Gasteiger partial charge >= 0.3 is 0 Å². The summed E-state index contributed by atoms with van der Waals surface area (Å²) in [6.45, 7) is 8.07. The average Bonchev–Trinajstić information content (AvgIpc) is 2.17. The van der Waals surface area contributed by atoms with Gasteiger partial charge in [0.15, 0.2) is 0 Å². The summed E-state index contributed by atoms with van der Waals surface area (Å²) in [7, 11) is 4.28. The fourth-order valence-corrected chi connectivity index (χ4v) is 1.83. The average molecular weight is 200 g/mol. The van der Waals surface area contributed by atoms with Gasteiger partial charge in [0.25, 0.3) is 0 Å². The van der Waals surface area contributed by atoms with Crippen molar-refractivity contribution in [2.45, 2.75) is 58.5 Å². The van der Waals surface area contributed by atoms with Gasteiger partial charge in [-0.3, -0.25) is 0 Å². The SMILES string of the molecule is CCCC(C)N(C)C(C)CCCNC. The van der Waals surface area contributed by atoms with Gasteiger partial charge in [-0.2, -0.15) is 0 Å².